The summed E-state index contributed by atoms with van der Waals surface area (Å²) < 4.78 is 27.6. The highest BCUT2D eigenvalue weighted by molar-refractivity contribution is 7.89. The Morgan fingerprint density at radius 1 is 1.36 bits per heavy atom. The first kappa shape index (κ1) is 18.3. The zero-order valence-electron chi connectivity index (χ0n) is 14.6. The van der Waals surface area contributed by atoms with Crippen LogP contribution in [0, 0.1) is 5.92 Å². The van der Waals surface area contributed by atoms with E-state index in [4.69, 9.17) is 0 Å². The number of nitrogens with zero attached hydrogens (tertiary/aromatic N) is 2. The second-order valence-electron chi connectivity index (χ2n) is 6.91. The molecule has 25 heavy (non-hydrogen) atoms. The highest BCUT2D eigenvalue weighted by Gasteiger charge is 2.40. The summed E-state index contributed by atoms with van der Waals surface area (Å²) in [6, 6.07) is 5.40. The standard InChI is InChI=1S/C17H25N3O4S/c1-18-17(22)8-13-10-20(11-15(13)21)25(23,24)16-5-3-4-12-9-19(2)7-6-14(12)16/h3-5,13,15,21H,6-11H2,1-2H3,(H,18,22)/t13-,15-/m1/s1. The third-order valence-corrected chi connectivity index (χ3v) is 7.05. The molecule has 0 saturated carbocycles. The molecular formula is C17H25N3O4S. The van der Waals surface area contributed by atoms with E-state index >= 15 is 0 Å². The maximum absolute atomic E-state index is 13.1. The van der Waals surface area contributed by atoms with Crippen molar-refractivity contribution in [3.05, 3.63) is 29.3 Å². The lowest BCUT2D eigenvalue weighted by Crippen LogP contribution is -2.33. The van der Waals surface area contributed by atoms with Gasteiger partial charge in [0.1, 0.15) is 0 Å². The van der Waals surface area contributed by atoms with Crippen LogP contribution in [-0.4, -0.2) is 68.5 Å². The monoisotopic (exact) mass is 367 g/mol. The largest absolute Gasteiger partial charge is 0.391 e. The van der Waals surface area contributed by atoms with Crippen LogP contribution in [0.1, 0.15) is 17.5 Å². The summed E-state index contributed by atoms with van der Waals surface area (Å²) in [4.78, 5) is 14.1. The van der Waals surface area contributed by atoms with Crippen molar-refractivity contribution in [3.8, 4) is 0 Å². The summed E-state index contributed by atoms with van der Waals surface area (Å²) in [5.41, 5.74) is 1.92. The minimum absolute atomic E-state index is 0.0353. The topological polar surface area (TPSA) is 90.0 Å². The number of carbonyl (C=O) groups excluding carboxylic acids is 1. The molecule has 1 saturated heterocycles. The number of fused-ring (bicyclic) bond motifs is 1. The first-order chi connectivity index (χ1) is 11.8. The molecule has 3 rings (SSSR count). The molecule has 0 unspecified atom stereocenters. The number of aliphatic hydroxyl groups is 1. The van der Waals surface area contributed by atoms with Gasteiger partial charge in [-0.2, -0.15) is 4.31 Å². The fraction of sp³-hybridized carbons (Fsp3) is 0.588. The quantitative estimate of drug-likeness (QED) is 0.769. The number of amides is 1. The normalized spacial score (nSPS) is 24.9. The van der Waals surface area contributed by atoms with E-state index in [-0.39, 0.29) is 31.3 Å². The van der Waals surface area contributed by atoms with Gasteiger partial charge in [0, 0.05) is 45.6 Å². The van der Waals surface area contributed by atoms with Gasteiger partial charge in [-0.1, -0.05) is 12.1 Å². The number of hydrogen-bond acceptors (Lipinski definition) is 5. The van der Waals surface area contributed by atoms with Crippen molar-refractivity contribution < 1.29 is 18.3 Å². The molecule has 0 spiro atoms. The van der Waals surface area contributed by atoms with Crippen LogP contribution in [0.2, 0.25) is 0 Å². The Labute approximate surface area is 148 Å². The fourth-order valence-corrected chi connectivity index (χ4v) is 5.46. The SMILES string of the molecule is CNC(=O)C[C@@H]1CN(S(=O)(=O)c2cccc3c2CCN(C)C3)C[C@H]1O. The van der Waals surface area contributed by atoms with Crippen LogP contribution in [0.25, 0.3) is 0 Å². The third kappa shape index (κ3) is 3.57. The average Bonchev–Trinajstić information content (AvgIpc) is 2.95. The smallest absolute Gasteiger partial charge is 0.243 e. The van der Waals surface area contributed by atoms with E-state index < -0.39 is 16.1 Å². The van der Waals surface area contributed by atoms with Gasteiger partial charge < -0.3 is 15.3 Å². The van der Waals surface area contributed by atoms with E-state index in [2.05, 4.69) is 10.2 Å². The van der Waals surface area contributed by atoms with Gasteiger partial charge in [0.2, 0.25) is 15.9 Å². The van der Waals surface area contributed by atoms with E-state index in [0.29, 0.717) is 11.3 Å². The molecule has 2 aliphatic heterocycles. The Bertz CT molecular complexity index is 765. The van der Waals surface area contributed by atoms with Gasteiger partial charge in [0.25, 0.3) is 0 Å². The first-order valence-electron chi connectivity index (χ1n) is 8.51. The molecule has 1 aromatic carbocycles. The number of aliphatic hydroxyl groups excluding tert-OH is 1. The van der Waals surface area contributed by atoms with Crippen molar-refractivity contribution in [2.24, 2.45) is 5.92 Å². The van der Waals surface area contributed by atoms with Crippen molar-refractivity contribution in [2.75, 3.05) is 33.7 Å². The van der Waals surface area contributed by atoms with Crippen LogP contribution in [0.15, 0.2) is 23.1 Å². The van der Waals surface area contributed by atoms with E-state index in [1.165, 1.54) is 11.4 Å². The second-order valence-corrected chi connectivity index (χ2v) is 8.81. The predicted molar refractivity (Wildman–Crippen MR) is 93.4 cm³/mol. The molecule has 2 heterocycles. The molecular weight excluding hydrogens is 342 g/mol. The molecule has 1 aromatic rings. The molecule has 0 radical (unpaired) electrons. The van der Waals surface area contributed by atoms with E-state index in [0.717, 1.165) is 24.2 Å². The fourth-order valence-electron chi connectivity index (χ4n) is 3.65. The summed E-state index contributed by atoms with van der Waals surface area (Å²) in [7, 11) is -0.132. The lowest BCUT2D eigenvalue weighted by molar-refractivity contribution is -0.122. The molecule has 2 aliphatic rings. The average molecular weight is 367 g/mol. The maximum Gasteiger partial charge on any atom is 0.243 e. The van der Waals surface area contributed by atoms with Crippen LogP contribution in [0.4, 0.5) is 0 Å². The van der Waals surface area contributed by atoms with E-state index in [1.807, 2.05) is 13.1 Å². The minimum Gasteiger partial charge on any atom is -0.391 e. The predicted octanol–water partition coefficient (Wildman–Crippen LogP) is -0.208. The molecule has 7 nitrogen and oxygen atoms in total. The van der Waals surface area contributed by atoms with Crippen molar-refractivity contribution in [1.29, 1.82) is 0 Å². The van der Waals surface area contributed by atoms with Crippen LogP contribution in [-0.2, 0) is 27.8 Å². The van der Waals surface area contributed by atoms with Gasteiger partial charge in [0.05, 0.1) is 11.0 Å². The van der Waals surface area contributed by atoms with Crippen LogP contribution in [0.3, 0.4) is 0 Å². The van der Waals surface area contributed by atoms with E-state index in [9.17, 15) is 18.3 Å². The van der Waals surface area contributed by atoms with Gasteiger partial charge in [0.15, 0.2) is 0 Å². The Balaban J connectivity index is 1.86. The number of β-amino-alcohol motifs (C(OH)–C–C–N with tert-alkyl or cyclic N) is 1. The van der Waals surface area contributed by atoms with Crippen molar-refractivity contribution in [1.82, 2.24) is 14.5 Å². The van der Waals surface area contributed by atoms with E-state index in [1.54, 1.807) is 12.1 Å². The van der Waals surface area contributed by atoms with Crippen LogP contribution < -0.4 is 5.32 Å². The Hall–Kier alpha value is -1.48. The molecule has 1 amide bonds. The van der Waals surface area contributed by atoms with Gasteiger partial charge in [-0.25, -0.2) is 8.42 Å². The van der Waals surface area contributed by atoms with Gasteiger partial charge in [-0.3, -0.25) is 4.79 Å². The minimum atomic E-state index is -3.68. The summed E-state index contributed by atoms with van der Waals surface area (Å²) in [6.45, 7) is 1.76. The molecule has 0 bridgehead atoms. The number of carbonyl (C=O) groups is 1. The van der Waals surface area contributed by atoms with Crippen molar-refractivity contribution in [2.45, 2.75) is 30.4 Å². The molecule has 138 valence electrons. The lowest BCUT2D eigenvalue weighted by atomic mass is 10.0. The number of rotatable bonds is 4. The molecule has 2 atom stereocenters. The summed E-state index contributed by atoms with van der Waals surface area (Å²) >= 11 is 0. The molecule has 2 N–H and O–H groups in total. The third-order valence-electron chi connectivity index (χ3n) is 5.13. The van der Waals surface area contributed by atoms with Gasteiger partial charge in [-0.05, 0) is 30.7 Å². The van der Waals surface area contributed by atoms with Crippen LogP contribution >= 0.6 is 0 Å². The number of nitrogens with one attached hydrogen (secondary N) is 1. The molecule has 8 heteroatoms. The maximum atomic E-state index is 13.1. The Morgan fingerprint density at radius 2 is 2.12 bits per heavy atom. The van der Waals surface area contributed by atoms with Crippen molar-refractivity contribution in [3.63, 3.8) is 0 Å². The van der Waals surface area contributed by atoms with Gasteiger partial charge >= 0.3 is 0 Å². The van der Waals surface area contributed by atoms with Crippen molar-refractivity contribution >= 4 is 15.9 Å². The zero-order chi connectivity index (χ0) is 18.2. The first-order valence-corrected chi connectivity index (χ1v) is 9.95. The summed E-state index contributed by atoms with van der Waals surface area (Å²) in [5, 5.41) is 12.7. The second kappa shape index (κ2) is 7.03. The summed E-state index contributed by atoms with van der Waals surface area (Å²) in [5.74, 6) is -0.566. The van der Waals surface area contributed by atoms with Crippen LogP contribution in [0.5, 0.6) is 0 Å². The lowest BCUT2D eigenvalue weighted by Gasteiger charge is -2.27. The Morgan fingerprint density at radius 3 is 2.84 bits per heavy atom. The number of benzene rings is 1. The Kier molecular flexibility index (Phi) is 5.15. The highest BCUT2D eigenvalue weighted by Crippen LogP contribution is 2.31. The van der Waals surface area contributed by atoms with Gasteiger partial charge in [-0.15, -0.1) is 0 Å². The number of sulfonamides is 1. The highest BCUT2D eigenvalue weighted by atomic mass is 32.2. The zero-order valence-corrected chi connectivity index (χ0v) is 15.4. The number of likely N-dealkylation sites (N-methyl/N-ethyl adjacent to an activating group) is 1. The molecule has 1 fully saturated rings. The molecule has 0 aliphatic carbocycles. The molecule has 0 aromatic heterocycles. The number of hydrogen-bond donors (Lipinski definition) is 2. The summed E-state index contributed by atoms with van der Waals surface area (Å²) in [6.07, 6.45) is -0.00141.